The van der Waals surface area contributed by atoms with Crippen LogP contribution in [0.2, 0.25) is 0 Å². The number of benzene rings is 1. The van der Waals surface area contributed by atoms with Crippen molar-refractivity contribution < 1.29 is 4.39 Å². The van der Waals surface area contributed by atoms with Gasteiger partial charge in [-0.2, -0.15) is 0 Å². The Morgan fingerprint density at radius 1 is 1.62 bits per heavy atom. The smallest absolute Gasteiger partial charge is 0.127 e. The van der Waals surface area contributed by atoms with Gasteiger partial charge in [0.25, 0.3) is 0 Å². The van der Waals surface area contributed by atoms with Crippen molar-refractivity contribution in [1.82, 2.24) is 5.43 Å². The summed E-state index contributed by atoms with van der Waals surface area (Å²) in [5, 5.41) is 0. The zero-order valence-electron chi connectivity index (χ0n) is 7.35. The number of halogens is 2. The Morgan fingerprint density at radius 3 is 2.85 bits per heavy atom. The summed E-state index contributed by atoms with van der Waals surface area (Å²) in [6, 6.07) is 5.11. The van der Waals surface area contributed by atoms with E-state index >= 15 is 0 Å². The van der Waals surface area contributed by atoms with Gasteiger partial charge >= 0.3 is 0 Å². The highest BCUT2D eigenvalue weighted by molar-refractivity contribution is 9.10. The predicted molar refractivity (Wildman–Crippen MR) is 54.6 cm³/mol. The van der Waals surface area contributed by atoms with Gasteiger partial charge in [-0.05, 0) is 31.0 Å². The molecule has 0 aromatic heterocycles. The second kappa shape index (κ2) is 4.69. The Morgan fingerprint density at radius 2 is 2.31 bits per heavy atom. The maximum Gasteiger partial charge on any atom is 0.127 e. The third kappa shape index (κ3) is 3.06. The first-order valence-corrected chi connectivity index (χ1v) is 4.83. The largest absolute Gasteiger partial charge is 0.271 e. The summed E-state index contributed by atoms with van der Waals surface area (Å²) in [5.74, 6) is 5.02. The molecule has 0 spiro atoms. The van der Waals surface area contributed by atoms with Crippen LogP contribution in [-0.2, 0) is 6.42 Å². The van der Waals surface area contributed by atoms with Gasteiger partial charge in [-0.3, -0.25) is 11.3 Å². The molecule has 0 heterocycles. The van der Waals surface area contributed by atoms with Crippen LogP contribution in [-0.4, -0.2) is 6.04 Å². The number of hydrogen-bond donors (Lipinski definition) is 2. The maximum atomic E-state index is 13.2. The van der Waals surface area contributed by atoms with E-state index in [4.69, 9.17) is 5.84 Å². The molecule has 1 atom stereocenters. The molecule has 1 aromatic carbocycles. The Bertz CT molecular complexity index is 291. The van der Waals surface area contributed by atoms with Gasteiger partial charge in [0.2, 0.25) is 0 Å². The fourth-order valence-electron chi connectivity index (χ4n) is 1.08. The van der Waals surface area contributed by atoms with E-state index in [2.05, 4.69) is 21.4 Å². The fraction of sp³-hybridized carbons (Fsp3) is 0.333. The molecule has 2 nitrogen and oxygen atoms in total. The van der Waals surface area contributed by atoms with Crippen molar-refractivity contribution in [2.45, 2.75) is 19.4 Å². The molecule has 3 N–H and O–H groups in total. The van der Waals surface area contributed by atoms with Gasteiger partial charge in [0.15, 0.2) is 0 Å². The first-order chi connectivity index (χ1) is 6.13. The Hall–Kier alpha value is -0.450. The summed E-state index contributed by atoms with van der Waals surface area (Å²) in [4.78, 5) is 0. The van der Waals surface area contributed by atoms with Crippen molar-refractivity contribution in [3.63, 3.8) is 0 Å². The summed E-state index contributed by atoms with van der Waals surface area (Å²) < 4.78 is 14.0. The van der Waals surface area contributed by atoms with Crippen molar-refractivity contribution in [2.75, 3.05) is 0 Å². The van der Waals surface area contributed by atoms with E-state index in [0.29, 0.717) is 12.0 Å². The Kier molecular flexibility index (Phi) is 3.84. The highest BCUT2D eigenvalue weighted by atomic mass is 79.9. The van der Waals surface area contributed by atoms with E-state index in [1.165, 1.54) is 6.07 Å². The molecule has 1 unspecified atom stereocenters. The third-order valence-electron chi connectivity index (χ3n) is 1.83. The first-order valence-electron chi connectivity index (χ1n) is 4.03. The Balaban J connectivity index is 2.77. The van der Waals surface area contributed by atoms with Crippen molar-refractivity contribution in [2.24, 2.45) is 5.84 Å². The zero-order chi connectivity index (χ0) is 9.84. The molecule has 72 valence electrons. The van der Waals surface area contributed by atoms with Gasteiger partial charge in [0.05, 0.1) is 0 Å². The summed E-state index contributed by atoms with van der Waals surface area (Å²) >= 11 is 3.20. The van der Waals surface area contributed by atoms with E-state index in [1.807, 2.05) is 13.0 Å². The summed E-state index contributed by atoms with van der Waals surface area (Å²) in [6.45, 7) is 1.90. The highest BCUT2D eigenvalue weighted by Crippen LogP contribution is 2.16. The monoisotopic (exact) mass is 246 g/mol. The number of hydrazine groups is 1. The van der Waals surface area contributed by atoms with Gasteiger partial charge in [-0.25, -0.2) is 4.39 Å². The van der Waals surface area contributed by atoms with Crippen LogP contribution < -0.4 is 11.3 Å². The quantitative estimate of drug-likeness (QED) is 0.633. The molecule has 4 heteroatoms. The molecular formula is C9H12BrFN2. The molecule has 0 saturated heterocycles. The second-order valence-electron chi connectivity index (χ2n) is 3.01. The lowest BCUT2D eigenvalue weighted by molar-refractivity contribution is 0.541. The molecule has 0 amide bonds. The summed E-state index contributed by atoms with van der Waals surface area (Å²) in [6.07, 6.45) is 0.593. The first kappa shape index (κ1) is 10.6. The van der Waals surface area contributed by atoms with E-state index in [0.717, 1.165) is 4.47 Å². The van der Waals surface area contributed by atoms with Crippen LogP contribution in [0.15, 0.2) is 22.7 Å². The van der Waals surface area contributed by atoms with Crippen molar-refractivity contribution >= 4 is 15.9 Å². The lowest BCUT2D eigenvalue weighted by atomic mass is 10.1. The summed E-state index contributed by atoms with van der Waals surface area (Å²) in [7, 11) is 0. The van der Waals surface area contributed by atoms with E-state index in [1.54, 1.807) is 6.07 Å². The Labute approximate surface area is 85.4 Å². The second-order valence-corrected chi connectivity index (χ2v) is 3.92. The van der Waals surface area contributed by atoms with Crippen LogP contribution in [0.4, 0.5) is 4.39 Å². The molecule has 0 aliphatic carbocycles. The minimum Gasteiger partial charge on any atom is -0.271 e. The molecule has 0 saturated carbocycles. The lowest BCUT2D eigenvalue weighted by Crippen LogP contribution is -2.34. The lowest BCUT2D eigenvalue weighted by Gasteiger charge is -2.10. The number of nitrogens with two attached hydrogens (primary N) is 1. The molecule has 0 radical (unpaired) electrons. The van der Waals surface area contributed by atoms with E-state index < -0.39 is 0 Å². The van der Waals surface area contributed by atoms with Crippen LogP contribution in [0.3, 0.4) is 0 Å². The molecule has 0 aliphatic rings. The van der Waals surface area contributed by atoms with Gasteiger partial charge in [-0.15, -0.1) is 0 Å². The van der Waals surface area contributed by atoms with Crippen LogP contribution in [0.5, 0.6) is 0 Å². The van der Waals surface area contributed by atoms with Crippen LogP contribution in [0, 0.1) is 5.82 Å². The van der Waals surface area contributed by atoms with Crippen LogP contribution in [0.1, 0.15) is 12.5 Å². The maximum absolute atomic E-state index is 13.2. The van der Waals surface area contributed by atoms with Crippen molar-refractivity contribution in [3.8, 4) is 0 Å². The average Bonchev–Trinajstić information content (AvgIpc) is 2.09. The van der Waals surface area contributed by atoms with Gasteiger partial charge in [0, 0.05) is 10.5 Å². The molecule has 0 bridgehead atoms. The minimum atomic E-state index is -0.198. The molecule has 0 aliphatic heterocycles. The molecule has 0 fully saturated rings. The topological polar surface area (TPSA) is 38.0 Å². The van der Waals surface area contributed by atoms with Gasteiger partial charge in [0.1, 0.15) is 5.82 Å². The normalized spacial score (nSPS) is 12.9. The van der Waals surface area contributed by atoms with Crippen LogP contribution >= 0.6 is 15.9 Å². The number of hydrogen-bond acceptors (Lipinski definition) is 2. The van der Waals surface area contributed by atoms with Gasteiger partial charge in [-0.1, -0.05) is 22.0 Å². The van der Waals surface area contributed by atoms with Crippen molar-refractivity contribution in [1.29, 1.82) is 0 Å². The third-order valence-corrected chi connectivity index (χ3v) is 2.32. The molecule has 1 rings (SSSR count). The molecule has 13 heavy (non-hydrogen) atoms. The predicted octanol–water partition coefficient (Wildman–Crippen LogP) is 1.98. The highest BCUT2D eigenvalue weighted by Gasteiger charge is 2.06. The average molecular weight is 247 g/mol. The van der Waals surface area contributed by atoms with Gasteiger partial charge < -0.3 is 0 Å². The fourth-order valence-corrected chi connectivity index (χ4v) is 1.41. The summed E-state index contributed by atoms with van der Waals surface area (Å²) in [5.41, 5.74) is 3.25. The van der Waals surface area contributed by atoms with E-state index in [-0.39, 0.29) is 11.9 Å². The minimum absolute atomic E-state index is 0.0793. The molecular weight excluding hydrogens is 235 g/mol. The zero-order valence-corrected chi connectivity index (χ0v) is 8.94. The SMILES string of the molecule is CC(Cc1ccc(Br)cc1F)NN. The van der Waals surface area contributed by atoms with Crippen LogP contribution in [0.25, 0.3) is 0 Å². The number of nitrogens with one attached hydrogen (secondary N) is 1. The standard InChI is InChI=1S/C9H12BrFN2/c1-6(13-12)4-7-2-3-8(10)5-9(7)11/h2-3,5-6,13H,4,12H2,1H3. The van der Waals surface area contributed by atoms with Crippen molar-refractivity contribution in [3.05, 3.63) is 34.1 Å². The van der Waals surface area contributed by atoms with E-state index in [9.17, 15) is 4.39 Å². The number of rotatable bonds is 3. The molecule has 1 aromatic rings.